The molecule has 0 amide bonds. The second kappa shape index (κ2) is 8.37. The van der Waals surface area contributed by atoms with Crippen molar-refractivity contribution in [3.63, 3.8) is 0 Å². The zero-order chi connectivity index (χ0) is 22.9. The summed E-state index contributed by atoms with van der Waals surface area (Å²) >= 11 is 0. The van der Waals surface area contributed by atoms with Crippen molar-refractivity contribution in [3.8, 4) is 0 Å². The minimum atomic E-state index is -4.64. The number of aryl methyl sites for hydroxylation is 1. The van der Waals surface area contributed by atoms with Gasteiger partial charge in [0.05, 0.1) is 35.2 Å². The summed E-state index contributed by atoms with van der Waals surface area (Å²) in [6, 6.07) is 4.31. The Labute approximate surface area is 175 Å². The number of hydrogen-bond acceptors (Lipinski definition) is 6. The molecule has 0 spiro atoms. The average Bonchev–Trinajstić information content (AvgIpc) is 2.74. The number of alkyl halides is 3. The first-order valence-electron chi connectivity index (χ1n) is 9.46. The lowest BCUT2D eigenvalue weighted by Crippen LogP contribution is -2.23. The molecule has 1 atom stereocenters. The van der Waals surface area contributed by atoms with E-state index in [4.69, 9.17) is 0 Å². The summed E-state index contributed by atoms with van der Waals surface area (Å²) in [5.41, 5.74) is -1.16. The second-order valence-corrected chi connectivity index (χ2v) is 7.01. The SMILES string of the molecule is CCC(Nc1ccc(C(=O)OC)cn1)c1cc2c(=O)n(C)c(C)nc2cc1C(F)(F)F. The number of rotatable bonds is 5. The van der Waals surface area contributed by atoms with Crippen LogP contribution in [0.15, 0.2) is 35.3 Å². The molecule has 2 heterocycles. The molecule has 1 unspecified atom stereocenters. The number of hydrogen-bond donors (Lipinski definition) is 1. The van der Waals surface area contributed by atoms with Gasteiger partial charge in [-0.1, -0.05) is 6.92 Å². The third kappa shape index (κ3) is 4.37. The Morgan fingerprint density at radius 2 is 2.00 bits per heavy atom. The lowest BCUT2D eigenvalue weighted by atomic mass is 9.95. The van der Waals surface area contributed by atoms with Crippen LogP contribution in [0.3, 0.4) is 0 Å². The van der Waals surface area contributed by atoms with E-state index < -0.39 is 29.3 Å². The maximum absolute atomic E-state index is 13.9. The first-order valence-corrected chi connectivity index (χ1v) is 9.46. The van der Waals surface area contributed by atoms with Gasteiger partial charge in [0, 0.05) is 13.2 Å². The van der Waals surface area contributed by atoms with Crippen LogP contribution in [0.4, 0.5) is 19.0 Å². The van der Waals surface area contributed by atoms with Gasteiger partial charge in [0.15, 0.2) is 0 Å². The monoisotopic (exact) mass is 434 g/mol. The molecule has 0 saturated heterocycles. The minimum absolute atomic E-state index is 0.00733. The molecule has 3 aromatic rings. The van der Waals surface area contributed by atoms with Crippen LogP contribution in [0.25, 0.3) is 10.9 Å². The number of methoxy groups -OCH3 is 1. The molecule has 7 nitrogen and oxygen atoms in total. The van der Waals surface area contributed by atoms with Crippen LogP contribution in [0.5, 0.6) is 0 Å². The summed E-state index contributed by atoms with van der Waals surface area (Å²) in [7, 11) is 2.75. The minimum Gasteiger partial charge on any atom is -0.465 e. The summed E-state index contributed by atoms with van der Waals surface area (Å²) in [5, 5.41) is 3.06. The molecule has 2 aromatic heterocycles. The maximum atomic E-state index is 13.9. The van der Waals surface area contributed by atoms with Crippen LogP contribution in [-0.2, 0) is 18.0 Å². The highest BCUT2D eigenvalue weighted by atomic mass is 19.4. The van der Waals surface area contributed by atoms with Gasteiger partial charge in [-0.25, -0.2) is 14.8 Å². The lowest BCUT2D eigenvalue weighted by Gasteiger charge is -2.23. The van der Waals surface area contributed by atoms with Crippen LogP contribution in [-0.4, -0.2) is 27.6 Å². The van der Waals surface area contributed by atoms with E-state index in [0.717, 1.165) is 6.07 Å². The number of halogens is 3. The predicted molar refractivity (Wildman–Crippen MR) is 109 cm³/mol. The molecule has 0 bridgehead atoms. The van der Waals surface area contributed by atoms with E-state index >= 15 is 0 Å². The first kappa shape index (κ1) is 22.3. The smallest absolute Gasteiger partial charge is 0.416 e. The van der Waals surface area contributed by atoms with E-state index in [2.05, 4.69) is 20.0 Å². The number of ether oxygens (including phenoxy) is 1. The maximum Gasteiger partial charge on any atom is 0.416 e. The van der Waals surface area contributed by atoms with Gasteiger partial charge in [0.25, 0.3) is 5.56 Å². The van der Waals surface area contributed by atoms with Crippen LogP contribution in [0.2, 0.25) is 0 Å². The molecular weight excluding hydrogens is 413 g/mol. The zero-order valence-corrected chi connectivity index (χ0v) is 17.4. The number of esters is 1. The largest absolute Gasteiger partial charge is 0.465 e. The molecule has 0 radical (unpaired) electrons. The van der Waals surface area contributed by atoms with E-state index in [-0.39, 0.29) is 34.3 Å². The van der Waals surface area contributed by atoms with Gasteiger partial charge in [-0.05, 0) is 43.2 Å². The topological polar surface area (TPSA) is 86.1 Å². The van der Waals surface area contributed by atoms with Crippen LogP contribution in [0.1, 0.15) is 46.7 Å². The van der Waals surface area contributed by atoms with Gasteiger partial charge in [-0.15, -0.1) is 0 Å². The predicted octanol–water partition coefficient (Wildman–Crippen LogP) is 4.01. The highest BCUT2D eigenvalue weighted by molar-refractivity contribution is 5.89. The van der Waals surface area contributed by atoms with Crippen molar-refractivity contribution in [2.45, 2.75) is 32.5 Å². The fourth-order valence-electron chi connectivity index (χ4n) is 3.28. The molecule has 1 N–H and O–H groups in total. The molecule has 0 aliphatic heterocycles. The molecule has 3 rings (SSSR count). The molecule has 0 fully saturated rings. The van der Waals surface area contributed by atoms with Crippen LogP contribution >= 0.6 is 0 Å². The van der Waals surface area contributed by atoms with Gasteiger partial charge < -0.3 is 10.1 Å². The van der Waals surface area contributed by atoms with Gasteiger partial charge in [-0.2, -0.15) is 13.2 Å². The quantitative estimate of drug-likeness (QED) is 0.611. The number of fused-ring (bicyclic) bond motifs is 1. The molecule has 10 heteroatoms. The third-order valence-electron chi connectivity index (χ3n) is 5.07. The van der Waals surface area contributed by atoms with Crippen LogP contribution < -0.4 is 10.9 Å². The number of anilines is 1. The molecule has 164 valence electrons. The highest BCUT2D eigenvalue weighted by Gasteiger charge is 2.36. The normalized spacial score (nSPS) is 12.6. The van der Waals surface area contributed by atoms with Gasteiger partial charge in [-0.3, -0.25) is 9.36 Å². The van der Waals surface area contributed by atoms with Gasteiger partial charge >= 0.3 is 12.1 Å². The Bertz CT molecular complexity index is 1190. The number of benzene rings is 1. The summed E-state index contributed by atoms with van der Waals surface area (Å²) < 4.78 is 47.5. The second-order valence-electron chi connectivity index (χ2n) is 7.01. The molecular formula is C21H21F3N4O3. The van der Waals surface area contributed by atoms with Crippen molar-refractivity contribution >= 4 is 22.7 Å². The summed E-state index contributed by atoms with van der Waals surface area (Å²) in [6.45, 7) is 3.28. The van der Waals surface area contributed by atoms with Crippen molar-refractivity contribution in [2.24, 2.45) is 7.05 Å². The number of carbonyl (C=O) groups is 1. The van der Waals surface area contributed by atoms with Crippen molar-refractivity contribution in [1.82, 2.24) is 14.5 Å². The highest BCUT2D eigenvalue weighted by Crippen LogP contribution is 2.38. The number of nitrogens with one attached hydrogen (secondary N) is 1. The number of carbonyl (C=O) groups excluding carboxylic acids is 1. The Balaban J connectivity index is 2.11. The van der Waals surface area contributed by atoms with Gasteiger partial charge in [0.2, 0.25) is 0 Å². The number of nitrogens with zero attached hydrogens (tertiary/aromatic N) is 3. The Morgan fingerprint density at radius 3 is 2.55 bits per heavy atom. The van der Waals surface area contributed by atoms with Crippen LogP contribution in [0, 0.1) is 6.92 Å². The zero-order valence-electron chi connectivity index (χ0n) is 17.4. The molecule has 31 heavy (non-hydrogen) atoms. The average molecular weight is 434 g/mol. The standard InChI is InChI=1S/C21H21F3N4O3/c1-5-16(27-18-7-6-12(10-25-18)20(30)31-4)13-8-14-17(9-15(13)21(22,23)24)26-11(2)28(3)19(14)29/h6-10,16H,5H2,1-4H3,(H,25,27). The summed E-state index contributed by atoms with van der Waals surface area (Å²) in [6.07, 6.45) is -3.08. The molecule has 0 saturated carbocycles. The van der Waals surface area contributed by atoms with Crippen molar-refractivity contribution in [1.29, 1.82) is 0 Å². The summed E-state index contributed by atoms with van der Waals surface area (Å²) in [5.74, 6) is 0.0275. The van der Waals surface area contributed by atoms with Crippen molar-refractivity contribution in [2.75, 3.05) is 12.4 Å². The molecule has 1 aromatic carbocycles. The van der Waals surface area contributed by atoms with E-state index in [9.17, 15) is 22.8 Å². The van der Waals surface area contributed by atoms with E-state index in [1.807, 2.05) is 0 Å². The number of aromatic nitrogens is 3. The molecule has 0 aliphatic rings. The van der Waals surface area contributed by atoms with E-state index in [1.165, 1.54) is 43.1 Å². The fraction of sp³-hybridized carbons (Fsp3) is 0.333. The lowest BCUT2D eigenvalue weighted by molar-refractivity contribution is -0.138. The van der Waals surface area contributed by atoms with E-state index in [1.54, 1.807) is 13.8 Å². The molecule has 0 aliphatic carbocycles. The Kier molecular flexibility index (Phi) is 6.01. The van der Waals surface area contributed by atoms with E-state index in [0.29, 0.717) is 5.82 Å². The third-order valence-corrected chi connectivity index (χ3v) is 5.07. The van der Waals surface area contributed by atoms with Crippen molar-refractivity contribution < 1.29 is 22.7 Å². The first-order chi connectivity index (χ1) is 14.6. The Hall–Kier alpha value is -3.43. The van der Waals surface area contributed by atoms with Crippen molar-refractivity contribution in [3.05, 3.63) is 63.3 Å². The summed E-state index contributed by atoms with van der Waals surface area (Å²) in [4.78, 5) is 32.4. The number of pyridine rings is 1. The van der Waals surface area contributed by atoms with Gasteiger partial charge in [0.1, 0.15) is 11.6 Å². The Morgan fingerprint density at radius 1 is 1.29 bits per heavy atom. The fourth-order valence-corrected chi connectivity index (χ4v) is 3.28.